The van der Waals surface area contributed by atoms with E-state index in [-0.39, 0.29) is 0 Å². The minimum Gasteiger partial charge on any atom is -0.0885 e. The molecular formula is C18H36. The highest BCUT2D eigenvalue weighted by Crippen LogP contribution is 2.30. The maximum Gasteiger partial charge on any atom is -0.0320 e. The van der Waals surface area contributed by atoms with Crippen LogP contribution in [-0.4, -0.2) is 0 Å². The van der Waals surface area contributed by atoms with E-state index in [0.717, 1.165) is 11.8 Å². The van der Waals surface area contributed by atoms with Crippen LogP contribution in [0.2, 0.25) is 0 Å². The molecule has 0 aromatic heterocycles. The van der Waals surface area contributed by atoms with E-state index < -0.39 is 0 Å². The van der Waals surface area contributed by atoms with Gasteiger partial charge in [-0.2, -0.15) is 0 Å². The van der Waals surface area contributed by atoms with E-state index in [9.17, 15) is 0 Å². The average Bonchev–Trinajstić information content (AvgIpc) is 2.19. The minimum absolute atomic E-state index is 0.436. The molecule has 0 amide bonds. The molecule has 0 aromatic carbocycles. The van der Waals surface area contributed by atoms with E-state index >= 15 is 0 Å². The molecule has 0 bridgehead atoms. The molecule has 0 unspecified atom stereocenters. The number of hydrogen-bond acceptors (Lipinski definition) is 0. The Labute approximate surface area is 116 Å². The lowest BCUT2D eigenvalue weighted by atomic mass is 9.79. The van der Waals surface area contributed by atoms with Gasteiger partial charge in [0.2, 0.25) is 0 Å². The first-order chi connectivity index (χ1) is 8.05. The van der Waals surface area contributed by atoms with Gasteiger partial charge in [0.05, 0.1) is 0 Å². The van der Waals surface area contributed by atoms with Crippen LogP contribution in [0.4, 0.5) is 0 Å². The maximum absolute atomic E-state index is 2.39. The highest BCUT2D eigenvalue weighted by atomic mass is 14.2. The van der Waals surface area contributed by atoms with Crippen molar-refractivity contribution in [2.75, 3.05) is 0 Å². The van der Waals surface area contributed by atoms with Crippen LogP contribution in [0.25, 0.3) is 0 Å². The fourth-order valence-corrected chi connectivity index (χ4v) is 1.75. The van der Waals surface area contributed by atoms with Crippen LogP contribution in [0.5, 0.6) is 0 Å². The molecule has 0 heterocycles. The Morgan fingerprint density at radius 2 is 1.28 bits per heavy atom. The molecule has 0 radical (unpaired) electrons. The van der Waals surface area contributed by atoms with Gasteiger partial charge < -0.3 is 0 Å². The maximum atomic E-state index is 2.39. The third-order valence-electron chi connectivity index (χ3n) is 4.62. The molecular weight excluding hydrogens is 216 g/mol. The minimum atomic E-state index is 0.436. The topological polar surface area (TPSA) is 0 Å². The molecule has 0 aliphatic heterocycles. The van der Waals surface area contributed by atoms with Crippen LogP contribution < -0.4 is 0 Å². The van der Waals surface area contributed by atoms with Gasteiger partial charge in [0.15, 0.2) is 0 Å². The molecule has 2 atom stereocenters. The molecule has 0 rings (SSSR count). The molecule has 0 aliphatic rings. The Hall–Kier alpha value is -0.260. The van der Waals surface area contributed by atoms with Crippen LogP contribution >= 0.6 is 0 Å². The van der Waals surface area contributed by atoms with Gasteiger partial charge in [-0.05, 0) is 48.3 Å². The monoisotopic (exact) mass is 252 g/mol. The summed E-state index contributed by atoms with van der Waals surface area (Å²) in [5, 5.41) is 0. The fourth-order valence-electron chi connectivity index (χ4n) is 1.75. The van der Waals surface area contributed by atoms with Crippen LogP contribution in [0.1, 0.15) is 81.1 Å². The van der Waals surface area contributed by atoms with Gasteiger partial charge in [-0.3, -0.25) is 0 Å². The Balaban J connectivity index is 3.74. The Morgan fingerprint density at radius 3 is 1.72 bits per heavy atom. The van der Waals surface area contributed by atoms with Crippen molar-refractivity contribution in [2.45, 2.75) is 81.1 Å². The van der Waals surface area contributed by atoms with E-state index in [0.29, 0.717) is 10.8 Å². The van der Waals surface area contributed by atoms with Gasteiger partial charge >= 0.3 is 0 Å². The molecule has 0 spiro atoms. The second-order valence-electron chi connectivity index (χ2n) is 8.17. The van der Waals surface area contributed by atoms with Crippen molar-refractivity contribution in [1.82, 2.24) is 0 Å². The second kappa shape index (κ2) is 7.36. The van der Waals surface area contributed by atoms with Gasteiger partial charge in [0.25, 0.3) is 0 Å². The summed E-state index contributed by atoms with van der Waals surface area (Å²) in [7, 11) is 0. The van der Waals surface area contributed by atoms with Gasteiger partial charge in [0, 0.05) is 0 Å². The normalized spacial score (nSPS) is 17.1. The SMILES string of the molecule is C[C@H](C/C=C\CCC[C@H](C)C(C)(C)C)C(C)(C)C. The lowest BCUT2D eigenvalue weighted by Gasteiger charge is -2.27. The Bertz CT molecular complexity index is 234. The van der Waals surface area contributed by atoms with Crippen molar-refractivity contribution >= 4 is 0 Å². The predicted octanol–water partition coefficient (Wildman–Crippen LogP) is 6.47. The summed E-state index contributed by atoms with van der Waals surface area (Å²) in [6.45, 7) is 18.8. The molecule has 108 valence electrons. The van der Waals surface area contributed by atoms with Crippen molar-refractivity contribution < 1.29 is 0 Å². The number of hydrogen-bond donors (Lipinski definition) is 0. The Morgan fingerprint density at radius 1 is 0.778 bits per heavy atom. The third kappa shape index (κ3) is 7.95. The highest BCUT2D eigenvalue weighted by Gasteiger charge is 2.19. The molecule has 18 heavy (non-hydrogen) atoms. The quantitative estimate of drug-likeness (QED) is 0.375. The van der Waals surface area contributed by atoms with Crippen LogP contribution in [-0.2, 0) is 0 Å². The number of unbranched alkanes of at least 4 members (excludes halogenated alkanes) is 1. The molecule has 0 saturated heterocycles. The first-order valence-electron chi connectivity index (χ1n) is 7.70. The van der Waals surface area contributed by atoms with E-state index in [2.05, 4.69) is 67.5 Å². The summed E-state index contributed by atoms with van der Waals surface area (Å²) in [6.07, 6.45) is 9.92. The van der Waals surface area contributed by atoms with Crippen LogP contribution in [0.3, 0.4) is 0 Å². The molecule has 0 N–H and O–H groups in total. The van der Waals surface area contributed by atoms with Gasteiger partial charge in [0.1, 0.15) is 0 Å². The summed E-state index contributed by atoms with van der Waals surface area (Å²) in [4.78, 5) is 0. The van der Waals surface area contributed by atoms with E-state index in [1.165, 1.54) is 25.7 Å². The zero-order chi connectivity index (χ0) is 14.4. The second-order valence-corrected chi connectivity index (χ2v) is 8.17. The summed E-state index contributed by atoms with van der Waals surface area (Å²) in [5.74, 6) is 1.58. The first-order valence-corrected chi connectivity index (χ1v) is 7.70. The first kappa shape index (κ1) is 17.7. The molecule has 0 fully saturated rings. The zero-order valence-electron chi connectivity index (χ0n) is 14.1. The fraction of sp³-hybridized carbons (Fsp3) is 0.889. The van der Waals surface area contributed by atoms with Crippen molar-refractivity contribution in [3.63, 3.8) is 0 Å². The molecule has 0 nitrogen and oxygen atoms in total. The summed E-state index contributed by atoms with van der Waals surface area (Å²) < 4.78 is 0. The van der Waals surface area contributed by atoms with E-state index in [1.54, 1.807) is 0 Å². The van der Waals surface area contributed by atoms with Crippen LogP contribution in [0.15, 0.2) is 12.2 Å². The average molecular weight is 252 g/mol. The lowest BCUT2D eigenvalue weighted by Crippen LogP contribution is -2.16. The van der Waals surface area contributed by atoms with Gasteiger partial charge in [-0.1, -0.05) is 67.5 Å². The smallest absolute Gasteiger partial charge is 0.0320 e. The summed E-state index contributed by atoms with van der Waals surface area (Å²) >= 11 is 0. The summed E-state index contributed by atoms with van der Waals surface area (Å²) in [5.41, 5.74) is 0.898. The van der Waals surface area contributed by atoms with Gasteiger partial charge in [-0.15, -0.1) is 0 Å². The predicted molar refractivity (Wildman–Crippen MR) is 84.8 cm³/mol. The van der Waals surface area contributed by atoms with Crippen molar-refractivity contribution in [3.05, 3.63) is 12.2 Å². The zero-order valence-corrected chi connectivity index (χ0v) is 14.1. The van der Waals surface area contributed by atoms with E-state index in [1.807, 2.05) is 0 Å². The standard InChI is InChI=1S/C18H36/c1-15(17(3,4)5)13-11-9-10-12-14-16(2)18(6,7)8/h9,11,15-16H,10,12-14H2,1-8H3/b11-9-/t15-,16+/m1/s1. The molecule has 0 aliphatic carbocycles. The van der Waals surface area contributed by atoms with Gasteiger partial charge in [-0.25, -0.2) is 0 Å². The summed E-state index contributed by atoms with van der Waals surface area (Å²) in [6, 6.07) is 0. The largest absolute Gasteiger partial charge is 0.0885 e. The molecule has 0 heteroatoms. The highest BCUT2D eigenvalue weighted by molar-refractivity contribution is 4.86. The number of rotatable bonds is 6. The van der Waals surface area contributed by atoms with Crippen LogP contribution in [0, 0.1) is 22.7 Å². The third-order valence-corrected chi connectivity index (χ3v) is 4.62. The number of allylic oxidation sites excluding steroid dienone is 2. The lowest BCUT2D eigenvalue weighted by molar-refractivity contribution is 0.243. The van der Waals surface area contributed by atoms with Crippen molar-refractivity contribution in [2.24, 2.45) is 22.7 Å². The van der Waals surface area contributed by atoms with Crippen molar-refractivity contribution in [3.8, 4) is 0 Å². The Kier molecular flexibility index (Phi) is 7.25. The molecule has 0 saturated carbocycles. The van der Waals surface area contributed by atoms with E-state index in [4.69, 9.17) is 0 Å². The molecule has 0 aromatic rings. The van der Waals surface area contributed by atoms with Crippen molar-refractivity contribution in [1.29, 1.82) is 0 Å².